The SMILES string of the molecule is CC(C)(C)SCCCCCCS. The van der Waals surface area contributed by atoms with E-state index in [4.69, 9.17) is 0 Å². The molecule has 74 valence electrons. The molecule has 0 aliphatic rings. The predicted octanol–water partition coefficient (Wildman–Crippen LogP) is 4.01. The van der Waals surface area contributed by atoms with E-state index in [2.05, 4.69) is 45.2 Å². The van der Waals surface area contributed by atoms with Crippen LogP contribution in [0, 0.1) is 0 Å². The lowest BCUT2D eigenvalue weighted by molar-refractivity contribution is 0.707. The smallest absolute Gasteiger partial charge is 0.00750 e. The van der Waals surface area contributed by atoms with Crippen LogP contribution in [-0.4, -0.2) is 16.3 Å². The number of hydrogen-bond acceptors (Lipinski definition) is 2. The Morgan fingerprint density at radius 1 is 1.00 bits per heavy atom. The summed E-state index contributed by atoms with van der Waals surface area (Å²) in [5, 5.41) is 0. The Labute approximate surface area is 87.3 Å². The fourth-order valence-corrected chi connectivity index (χ4v) is 2.13. The number of thioether (sulfide) groups is 1. The van der Waals surface area contributed by atoms with Gasteiger partial charge in [0.25, 0.3) is 0 Å². The Bertz CT molecular complexity index is 94.5. The minimum atomic E-state index is 0.448. The van der Waals surface area contributed by atoms with Crippen molar-refractivity contribution in [3.8, 4) is 0 Å². The molecule has 0 N–H and O–H groups in total. The van der Waals surface area contributed by atoms with Crippen LogP contribution >= 0.6 is 24.4 Å². The third-order valence-corrected chi connectivity index (χ3v) is 3.26. The first kappa shape index (κ1) is 12.7. The summed E-state index contributed by atoms with van der Waals surface area (Å²) in [5.74, 6) is 2.36. The number of unbranched alkanes of at least 4 members (excludes halogenated alkanes) is 3. The Kier molecular flexibility index (Phi) is 7.55. The van der Waals surface area contributed by atoms with Crippen LogP contribution in [0.3, 0.4) is 0 Å². The number of thiol groups is 1. The molecule has 0 aromatic rings. The third-order valence-electron chi connectivity index (χ3n) is 1.59. The maximum Gasteiger partial charge on any atom is 0.00750 e. The van der Waals surface area contributed by atoms with Crippen molar-refractivity contribution in [3.63, 3.8) is 0 Å². The highest BCUT2D eigenvalue weighted by Gasteiger charge is 2.08. The van der Waals surface area contributed by atoms with E-state index in [1.165, 1.54) is 31.4 Å². The van der Waals surface area contributed by atoms with E-state index in [1.807, 2.05) is 0 Å². The monoisotopic (exact) mass is 206 g/mol. The van der Waals surface area contributed by atoms with Gasteiger partial charge >= 0.3 is 0 Å². The van der Waals surface area contributed by atoms with Crippen LogP contribution in [0.4, 0.5) is 0 Å². The third kappa shape index (κ3) is 10.7. The van der Waals surface area contributed by atoms with Gasteiger partial charge in [-0.25, -0.2) is 0 Å². The molecule has 0 amide bonds. The van der Waals surface area contributed by atoms with Crippen molar-refractivity contribution >= 4 is 24.4 Å². The molecule has 0 heterocycles. The van der Waals surface area contributed by atoms with Crippen molar-refractivity contribution in [3.05, 3.63) is 0 Å². The van der Waals surface area contributed by atoms with Gasteiger partial charge in [-0.05, 0) is 24.3 Å². The first-order valence-electron chi connectivity index (χ1n) is 4.81. The molecule has 12 heavy (non-hydrogen) atoms. The molecule has 0 rings (SSSR count). The van der Waals surface area contributed by atoms with Crippen LogP contribution in [0.2, 0.25) is 0 Å². The Hall–Kier alpha value is 0.700. The zero-order valence-electron chi connectivity index (χ0n) is 8.60. The normalized spacial score (nSPS) is 12.0. The molecule has 0 fully saturated rings. The minimum absolute atomic E-state index is 0.448. The van der Waals surface area contributed by atoms with Gasteiger partial charge in [-0.3, -0.25) is 0 Å². The molecule has 0 aliphatic heterocycles. The van der Waals surface area contributed by atoms with E-state index < -0.39 is 0 Å². The molecule has 0 bridgehead atoms. The average molecular weight is 206 g/mol. The van der Waals surface area contributed by atoms with E-state index in [-0.39, 0.29) is 0 Å². The fourth-order valence-electron chi connectivity index (χ4n) is 0.946. The highest BCUT2D eigenvalue weighted by Crippen LogP contribution is 2.24. The lowest BCUT2D eigenvalue weighted by Crippen LogP contribution is -2.08. The van der Waals surface area contributed by atoms with Gasteiger partial charge in [0.2, 0.25) is 0 Å². The van der Waals surface area contributed by atoms with Gasteiger partial charge in [0, 0.05) is 4.75 Å². The van der Waals surface area contributed by atoms with Crippen LogP contribution in [0.15, 0.2) is 0 Å². The standard InChI is InChI=1S/C10H22S2/c1-10(2,3)12-9-7-5-4-6-8-11/h11H,4-9H2,1-3H3. The van der Waals surface area contributed by atoms with Crippen molar-refractivity contribution in [1.82, 2.24) is 0 Å². The van der Waals surface area contributed by atoms with Crippen LogP contribution in [0.1, 0.15) is 46.5 Å². The molecule has 0 saturated heterocycles. The maximum absolute atomic E-state index is 4.19. The quantitative estimate of drug-likeness (QED) is 0.506. The molecule has 0 nitrogen and oxygen atoms in total. The molecular weight excluding hydrogens is 184 g/mol. The summed E-state index contributed by atoms with van der Waals surface area (Å²) in [4.78, 5) is 0. The van der Waals surface area contributed by atoms with E-state index in [9.17, 15) is 0 Å². The van der Waals surface area contributed by atoms with Gasteiger partial charge in [-0.2, -0.15) is 24.4 Å². The van der Waals surface area contributed by atoms with Gasteiger partial charge < -0.3 is 0 Å². The summed E-state index contributed by atoms with van der Waals surface area (Å²) in [6.45, 7) is 6.85. The van der Waals surface area contributed by atoms with Crippen LogP contribution in [0.5, 0.6) is 0 Å². The Balaban J connectivity index is 3.01. The van der Waals surface area contributed by atoms with Gasteiger partial charge in [-0.1, -0.05) is 33.6 Å². The second kappa shape index (κ2) is 7.14. The van der Waals surface area contributed by atoms with Gasteiger partial charge in [0.15, 0.2) is 0 Å². The van der Waals surface area contributed by atoms with E-state index >= 15 is 0 Å². The summed E-state index contributed by atoms with van der Waals surface area (Å²) in [6.07, 6.45) is 5.39. The Morgan fingerprint density at radius 3 is 2.08 bits per heavy atom. The second-order valence-corrected chi connectivity index (χ2v) is 6.47. The Morgan fingerprint density at radius 2 is 1.58 bits per heavy atom. The first-order chi connectivity index (χ1) is 5.56. The lowest BCUT2D eigenvalue weighted by atomic mass is 10.2. The number of rotatable bonds is 6. The van der Waals surface area contributed by atoms with E-state index in [1.54, 1.807) is 0 Å². The summed E-state index contributed by atoms with van der Waals surface area (Å²) in [6, 6.07) is 0. The first-order valence-corrected chi connectivity index (χ1v) is 6.43. The van der Waals surface area contributed by atoms with Gasteiger partial charge in [0.05, 0.1) is 0 Å². The van der Waals surface area contributed by atoms with Crippen LogP contribution in [-0.2, 0) is 0 Å². The van der Waals surface area contributed by atoms with Crippen LogP contribution in [0.25, 0.3) is 0 Å². The van der Waals surface area contributed by atoms with Gasteiger partial charge in [-0.15, -0.1) is 0 Å². The maximum atomic E-state index is 4.19. The lowest BCUT2D eigenvalue weighted by Gasteiger charge is -2.16. The molecule has 0 radical (unpaired) electrons. The zero-order valence-corrected chi connectivity index (χ0v) is 10.3. The molecule has 0 aromatic heterocycles. The topological polar surface area (TPSA) is 0 Å². The molecule has 0 spiro atoms. The van der Waals surface area contributed by atoms with Crippen molar-refractivity contribution in [2.75, 3.05) is 11.5 Å². The highest BCUT2D eigenvalue weighted by atomic mass is 32.2. The zero-order chi connectivity index (χ0) is 9.45. The van der Waals surface area contributed by atoms with Crippen molar-refractivity contribution in [2.24, 2.45) is 0 Å². The summed E-state index contributed by atoms with van der Waals surface area (Å²) in [7, 11) is 0. The number of hydrogen-bond donors (Lipinski definition) is 1. The largest absolute Gasteiger partial charge is 0.179 e. The van der Waals surface area contributed by atoms with Crippen LogP contribution < -0.4 is 0 Å². The minimum Gasteiger partial charge on any atom is -0.179 e. The van der Waals surface area contributed by atoms with Crippen molar-refractivity contribution in [1.29, 1.82) is 0 Å². The van der Waals surface area contributed by atoms with Crippen molar-refractivity contribution in [2.45, 2.75) is 51.2 Å². The molecule has 0 unspecified atom stereocenters. The molecule has 0 atom stereocenters. The van der Waals surface area contributed by atoms with E-state index in [0.29, 0.717) is 4.75 Å². The predicted molar refractivity (Wildman–Crippen MR) is 64.5 cm³/mol. The highest BCUT2D eigenvalue weighted by molar-refractivity contribution is 8.00. The van der Waals surface area contributed by atoms with Crippen molar-refractivity contribution < 1.29 is 0 Å². The molecular formula is C10H22S2. The molecule has 0 aliphatic carbocycles. The molecule has 2 heteroatoms. The summed E-state index contributed by atoms with van der Waals surface area (Å²) in [5.41, 5.74) is 0. The van der Waals surface area contributed by atoms with E-state index in [0.717, 1.165) is 5.75 Å². The molecule has 0 aromatic carbocycles. The average Bonchev–Trinajstić information content (AvgIpc) is 1.94. The fraction of sp³-hybridized carbons (Fsp3) is 1.00. The summed E-state index contributed by atoms with van der Waals surface area (Å²) < 4.78 is 0.448. The van der Waals surface area contributed by atoms with Gasteiger partial charge in [0.1, 0.15) is 0 Å². The summed E-state index contributed by atoms with van der Waals surface area (Å²) >= 11 is 6.26. The molecule has 0 saturated carbocycles. The second-order valence-electron chi connectivity index (χ2n) is 4.10.